The van der Waals surface area contributed by atoms with Crippen LogP contribution >= 0.6 is 23.2 Å². The van der Waals surface area contributed by atoms with Gasteiger partial charge in [0.05, 0.1) is 33.0 Å². The normalized spacial score (nSPS) is 14.1. The van der Waals surface area contributed by atoms with Gasteiger partial charge in [-0.1, -0.05) is 41.4 Å². The Bertz CT molecular complexity index is 1160. The lowest BCUT2D eigenvalue weighted by Crippen LogP contribution is -2.16. The topological polar surface area (TPSA) is 107 Å². The molecular weight excluding hydrogens is 509 g/mol. The third-order valence-corrected chi connectivity index (χ3v) is 6.35. The molecule has 1 atom stereocenters. The largest absolute Gasteiger partial charge is 0.870 e. The Morgan fingerprint density at radius 2 is 1.72 bits per heavy atom. The smallest absolute Gasteiger partial charge is 0.338 e. The molecule has 2 aromatic carbocycles. The average molecular weight is 536 g/mol. The highest BCUT2D eigenvalue weighted by molar-refractivity contribution is 6.35. The van der Waals surface area contributed by atoms with E-state index in [9.17, 15) is 4.79 Å². The summed E-state index contributed by atoms with van der Waals surface area (Å²) in [7, 11) is 3.11. The van der Waals surface area contributed by atoms with Gasteiger partial charge in [0.25, 0.3) is 0 Å². The highest BCUT2D eigenvalue weighted by atomic mass is 35.5. The maximum absolute atomic E-state index is 13.2. The zero-order valence-electron chi connectivity index (χ0n) is 19.8. The second kappa shape index (κ2) is 12.9. The van der Waals surface area contributed by atoms with Crippen molar-refractivity contribution in [2.75, 3.05) is 27.4 Å². The number of carbonyl (C=O) groups is 1. The summed E-state index contributed by atoms with van der Waals surface area (Å²) in [5, 5.41) is 0.884. The first kappa shape index (κ1) is 27.7. The number of carbonyl (C=O) groups excluding carboxylic acids is 1. The number of nitrogens with one attached hydrogen (secondary N) is 1. The number of aromatic amines is 1. The van der Waals surface area contributed by atoms with Gasteiger partial charge in [-0.05, 0) is 35.4 Å². The number of pyridine rings is 1. The SMILES string of the molecule is COc1ccc([C@H](Cc2c(Cl)c[nH+]cc2Cl)OC(=O)c2cccc(CC3OCCO3)c2)cc1OC.[OH-]. The van der Waals surface area contributed by atoms with E-state index in [1.165, 1.54) is 0 Å². The first-order chi connectivity index (χ1) is 17.0. The minimum Gasteiger partial charge on any atom is -0.870 e. The molecular formula is C26H27Cl2NO7. The molecule has 0 aliphatic carbocycles. The van der Waals surface area contributed by atoms with Crippen LogP contribution in [0.15, 0.2) is 54.9 Å². The predicted octanol–water partition coefficient (Wildman–Crippen LogP) is 4.70. The molecule has 1 fully saturated rings. The number of methoxy groups -OCH3 is 2. The van der Waals surface area contributed by atoms with Crippen molar-refractivity contribution in [1.82, 2.24) is 0 Å². The van der Waals surface area contributed by atoms with Crippen molar-refractivity contribution in [3.05, 3.63) is 87.2 Å². The lowest BCUT2D eigenvalue weighted by atomic mass is 10.0. The number of esters is 1. The van der Waals surface area contributed by atoms with Crippen molar-refractivity contribution >= 4 is 29.2 Å². The van der Waals surface area contributed by atoms with Gasteiger partial charge in [0.2, 0.25) is 0 Å². The van der Waals surface area contributed by atoms with Gasteiger partial charge < -0.3 is 29.2 Å². The van der Waals surface area contributed by atoms with E-state index >= 15 is 0 Å². The molecule has 2 N–H and O–H groups in total. The number of H-pyrrole nitrogens is 1. The van der Waals surface area contributed by atoms with Crippen LogP contribution < -0.4 is 14.5 Å². The molecule has 192 valence electrons. The van der Waals surface area contributed by atoms with Crippen LogP contribution in [-0.2, 0) is 27.1 Å². The van der Waals surface area contributed by atoms with Gasteiger partial charge in [-0.3, -0.25) is 0 Å². The fourth-order valence-corrected chi connectivity index (χ4v) is 4.41. The molecule has 0 bridgehead atoms. The summed E-state index contributed by atoms with van der Waals surface area (Å²) in [5.74, 6) is 0.605. The summed E-state index contributed by atoms with van der Waals surface area (Å²) in [6, 6.07) is 12.6. The Labute approximate surface area is 219 Å². The summed E-state index contributed by atoms with van der Waals surface area (Å²) in [5.41, 5.74) is 2.70. The lowest BCUT2D eigenvalue weighted by Gasteiger charge is -2.21. The van der Waals surface area contributed by atoms with Crippen molar-refractivity contribution in [2.24, 2.45) is 0 Å². The molecule has 8 nitrogen and oxygen atoms in total. The first-order valence-corrected chi connectivity index (χ1v) is 11.8. The maximum Gasteiger partial charge on any atom is 0.338 e. The zero-order valence-corrected chi connectivity index (χ0v) is 21.3. The molecule has 0 unspecified atom stereocenters. The van der Waals surface area contributed by atoms with Gasteiger partial charge in [0, 0.05) is 18.4 Å². The molecule has 0 saturated carbocycles. The van der Waals surface area contributed by atoms with Crippen molar-refractivity contribution < 1.29 is 38.9 Å². The Morgan fingerprint density at radius 1 is 1.03 bits per heavy atom. The molecule has 3 aromatic rings. The van der Waals surface area contributed by atoms with Crippen molar-refractivity contribution in [3.8, 4) is 11.5 Å². The van der Waals surface area contributed by atoms with Gasteiger partial charge in [0.1, 0.15) is 16.1 Å². The molecule has 2 heterocycles. The van der Waals surface area contributed by atoms with Crippen LogP contribution in [0.3, 0.4) is 0 Å². The third kappa shape index (κ3) is 6.66. The standard InChI is InChI=1S/C26H25Cl2NO6.H2O/c1-31-22-7-6-17(12-24(22)32-2)23(13-19-20(27)14-29-15-21(19)28)35-26(30)18-5-3-4-16(10-18)11-25-33-8-9-34-25;/h3-7,10,12,14-15,23,25H,8-9,11,13H2,1-2H3;1H2/t23-;/m0./s1. The highest BCUT2D eigenvalue weighted by Gasteiger charge is 2.24. The van der Waals surface area contributed by atoms with Crippen LogP contribution in [0, 0.1) is 0 Å². The molecule has 0 radical (unpaired) electrons. The van der Waals surface area contributed by atoms with Crippen LogP contribution in [0.2, 0.25) is 10.0 Å². The van der Waals surface area contributed by atoms with E-state index < -0.39 is 12.1 Å². The first-order valence-electron chi connectivity index (χ1n) is 11.1. The van der Waals surface area contributed by atoms with E-state index in [1.54, 1.807) is 50.9 Å². The summed E-state index contributed by atoms with van der Waals surface area (Å²) in [6.07, 6.45) is 3.08. The van der Waals surface area contributed by atoms with Crippen LogP contribution in [0.4, 0.5) is 0 Å². The van der Waals surface area contributed by atoms with E-state index in [-0.39, 0.29) is 18.2 Å². The van der Waals surface area contributed by atoms with Crippen LogP contribution in [0.25, 0.3) is 0 Å². The van der Waals surface area contributed by atoms with Crippen molar-refractivity contribution in [1.29, 1.82) is 0 Å². The Balaban J connectivity index is 0.00000361. The number of hydrogen-bond acceptors (Lipinski definition) is 7. The fraction of sp³-hybridized carbons (Fsp3) is 0.308. The van der Waals surface area contributed by atoms with E-state index in [0.717, 1.165) is 5.56 Å². The van der Waals surface area contributed by atoms with Crippen LogP contribution in [-0.4, -0.2) is 45.2 Å². The highest BCUT2D eigenvalue weighted by Crippen LogP contribution is 2.35. The van der Waals surface area contributed by atoms with Gasteiger partial charge in [-0.15, -0.1) is 0 Å². The van der Waals surface area contributed by atoms with Gasteiger partial charge >= 0.3 is 5.97 Å². The average Bonchev–Trinajstić information content (AvgIpc) is 3.38. The number of rotatable bonds is 9. The maximum atomic E-state index is 13.2. The summed E-state index contributed by atoms with van der Waals surface area (Å²) in [6.45, 7) is 1.14. The molecule has 4 rings (SSSR count). The molecule has 1 aromatic heterocycles. The molecule has 1 aliphatic rings. The Morgan fingerprint density at radius 3 is 2.39 bits per heavy atom. The number of halogens is 2. The van der Waals surface area contributed by atoms with E-state index in [1.807, 2.05) is 18.2 Å². The summed E-state index contributed by atoms with van der Waals surface area (Å²) < 4.78 is 27.8. The van der Waals surface area contributed by atoms with E-state index in [4.69, 9.17) is 46.9 Å². The van der Waals surface area contributed by atoms with E-state index in [2.05, 4.69) is 4.98 Å². The van der Waals surface area contributed by atoms with Crippen LogP contribution in [0.5, 0.6) is 11.5 Å². The van der Waals surface area contributed by atoms with Gasteiger partial charge in [0.15, 0.2) is 30.2 Å². The fourth-order valence-electron chi connectivity index (χ4n) is 3.88. The molecule has 1 saturated heterocycles. The molecule has 0 amide bonds. The minimum absolute atomic E-state index is 0. The number of aromatic nitrogens is 1. The quantitative estimate of drug-likeness (QED) is 0.365. The molecule has 0 spiro atoms. The summed E-state index contributed by atoms with van der Waals surface area (Å²) >= 11 is 12.8. The van der Waals surface area contributed by atoms with Gasteiger partial charge in [-0.25, -0.2) is 9.78 Å². The van der Waals surface area contributed by atoms with Crippen LogP contribution in [0.1, 0.15) is 33.2 Å². The monoisotopic (exact) mass is 535 g/mol. The van der Waals surface area contributed by atoms with Crippen molar-refractivity contribution in [3.63, 3.8) is 0 Å². The number of ether oxygens (including phenoxy) is 5. The Kier molecular flexibility index (Phi) is 9.92. The molecule has 36 heavy (non-hydrogen) atoms. The molecule has 10 heteroatoms. The van der Waals surface area contributed by atoms with Gasteiger partial charge in [-0.2, -0.15) is 0 Å². The predicted molar refractivity (Wildman–Crippen MR) is 132 cm³/mol. The minimum atomic E-state index is -0.690. The second-order valence-corrected chi connectivity index (χ2v) is 8.73. The van der Waals surface area contributed by atoms with E-state index in [0.29, 0.717) is 57.9 Å². The third-order valence-electron chi connectivity index (χ3n) is 5.67. The number of benzene rings is 2. The second-order valence-electron chi connectivity index (χ2n) is 7.92. The van der Waals surface area contributed by atoms with Crippen molar-refractivity contribution in [2.45, 2.75) is 25.2 Å². The number of hydrogen-bond donors (Lipinski definition) is 0. The summed E-state index contributed by atoms with van der Waals surface area (Å²) in [4.78, 5) is 16.1. The molecule has 1 aliphatic heterocycles. The Hall–Kier alpha value is -2.88. The zero-order chi connectivity index (χ0) is 24.8. The lowest BCUT2D eigenvalue weighted by molar-refractivity contribution is -0.377.